The van der Waals surface area contributed by atoms with E-state index in [2.05, 4.69) is 45.3 Å². The lowest BCUT2D eigenvalue weighted by Crippen LogP contribution is -2.11. The maximum absolute atomic E-state index is 4.66. The van der Waals surface area contributed by atoms with Crippen LogP contribution in [0, 0.1) is 0 Å². The molecule has 2 aromatic rings. The maximum Gasteiger partial charge on any atom is 0.155 e. The second-order valence-corrected chi connectivity index (χ2v) is 5.46. The highest BCUT2D eigenvalue weighted by molar-refractivity contribution is 7.98. The molecule has 0 saturated heterocycles. The molecule has 3 rings (SSSR count). The fourth-order valence-electron chi connectivity index (χ4n) is 2.43. The predicted octanol–water partition coefficient (Wildman–Crippen LogP) is 2.93. The Bertz CT molecular complexity index is 524. The fourth-order valence-corrected chi connectivity index (χ4v) is 3.05. The van der Waals surface area contributed by atoms with Gasteiger partial charge in [0.2, 0.25) is 0 Å². The zero-order valence-corrected chi connectivity index (χ0v) is 11.4. The summed E-state index contributed by atoms with van der Waals surface area (Å²) in [5.41, 5.74) is 1.33. The van der Waals surface area contributed by atoms with Crippen molar-refractivity contribution in [1.82, 2.24) is 14.8 Å². The van der Waals surface area contributed by atoms with E-state index in [1.54, 1.807) is 11.8 Å². The second kappa shape index (κ2) is 5.14. The average molecular weight is 259 g/mol. The molecule has 18 heavy (non-hydrogen) atoms. The Balaban J connectivity index is 1.85. The van der Waals surface area contributed by atoms with E-state index >= 15 is 0 Å². The van der Waals surface area contributed by atoms with Crippen LogP contribution in [0.2, 0.25) is 0 Å². The van der Waals surface area contributed by atoms with E-state index in [0.29, 0.717) is 0 Å². The van der Waals surface area contributed by atoms with Crippen LogP contribution in [0.25, 0.3) is 0 Å². The monoisotopic (exact) mass is 259 g/mol. The summed E-state index contributed by atoms with van der Waals surface area (Å²) in [4.78, 5) is 5.99. The molecule has 2 heterocycles. The molecule has 1 aromatic heterocycles. The Labute approximate surface area is 112 Å². The SMILES string of the molecule is CSc1ccccc1Cc1nc2n(n1)CCCC2. The van der Waals surface area contributed by atoms with Gasteiger partial charge in [-0.05, 0) is 30.7 Å². The van der Waals surface area contributed by atoms with Crippen LogP contribution >= 0.6 is 11.8 Å². The summed E-state index contributed by atoms with van der Waals surface area (Å²) in [7, 11) is 0. The molecule has 0 N–H and O–H groups in total. The van der Waals surface area contributed by atoms with Crippen molar-refractivity contribution in [2.45, 2.75) is 37.1 Å². The third kappa shape index (κ3) is 2.29. The van der Waals surface area contributed by atoms with Crippen molar-refractivity contribution >= 4 is 11.8 Å². The van der Waals surface area contributed by atoms with Gasteiger partial charge in [-0.3, -0.25) is 0 Å². The molecule has 1 aliphatic heterocycles. The third-order valence-corrected chi connectivity index (χ3v) is 4.19. The van der Waals surface area contributed by atoms with Crippen LogP contribution in [0.15, 0.2) is 29.2 Å². The predicted molar refractivity (Wildman–Crippen MR) is 74.0 cm³/mol. The van der Waals surface area contributed by atoms with Crippen molar-refractivity contribution in [3.05, 3.63) is 41.5 Å². The summed E-state index contributed by atoms with van der Waals surface area (Å²) in [6.07, 6.45) is 6.52. The third-order valence-electron chi connectivity index (χ3n) is 3.35. The lowest BCUT2D eigenvalue weighted by Gasteiger charge is -2.09. The number of nitrogens with zero attached hydrogens (tertiary/aromatic N) is 3. The van der Waals surface area contributed by atoms with Gasteiger partial charge in [-0.25, -0.2) is 9.67 Å². The first-order chi connectivity index (χ1) is 8.86. The number of benzene rings is 1. The standard InChI is InChI=1S/C14H17N3S/c1-18-12-7-3-2-6-11(12)10-13-15-14-8-4-5-9-17(14)16-13/h2-3,6-7H,4-5,8-10H2,1H3. The van der Waals surface area contributed by atoms with Gasteiger partial charge in [0.1, 0.15) is 5.82 Å². The molecule has 0 saturated carbocycles. The van der Waals surface area contributed by atoms with E-state index in [4.69, 9.17) is 0 Å². The molecule has 0 fully saturated rings. The zero-order valence-electron chi connectivity index (χ0n) is 10.6. The van der Waals surface area contributed by atoms with Crippen LogP contribution in [0.4, 0.5) is 0 Å². The highest BCUT2D eigenvalue weighted by Gasteiger charge is 2.14. The van der Waals surface area contributed by atoms with Crippen molar-refractivity contribution < 1.29 is 0 Å². The first-order valence-corrected chi connectivity index (χ1v) is 7.64. The normalized spacial score (nSPS) is 14.5. The summed E-state index contributed by atoms with van der Waals surface area (Å²) < 4.78 is 2.08. The average Bonchev–Trinajstić information content (AvgIpc) is 2.81. The van der Waals surface area contributed by atoms with E-state index in [9.17, 15) is 0 Å². The van der Waals surface area contributed by atoms with E-state index in [1.165, 1.54) is 23.3 Å². The maximum atomic E-state index is 4.66. The van der Waals surface area contributed by atoms with Crippen LogP contribution < -0.4 is 0 Å². The van der Waals surface area contributed by atoms with Crippen LogP contribution in [0.1, 0.15) is 30.1 Å². The minimum atomic E-state index is 0.844. The van der Waals surface area contributed by atoms with Gasteiger partial charge in [0.25, 0.3) is 0 Å². The van der Waals surface area contributed by atoms with E-state index in [0.717, 1.165) is 31.0 Å². The Hall–Kier alpha value is -1.29. The van der Waals surface area contributed by atoms with Gasteiger partial charge >= 0.3 is 0 Å². The molecule has 3 nitrogen and oxygen atoms in total. The Morgan fingerprint density at radius 1 is 1.28 bits per heavy atom. The minimum absolute atomic E-state index is 0.844. The quantitative estimate of drug-likeness (QED) is 0.794. The minimum Gasteiger partial charge on any atom is -0.250 e. The van der Waals surface area contributed by atoms with Crippen LogP contribution in [-0.2, 0) is 19.4 Å². The van der Waals surface area contributed by atoms with Crippen molar-refractivity contribution in [1.29, 1.82) is 0 Å². The molecule has 0 unspecified atom stereocenters. The van der Waals surface area contributed by atoms with E-state index in [-0.39, 0.29) is 0 Å². The Kier molecular flexibility index (Phi) is 3.37. The highest BCUT2D eigenvalue weighted by atomic mass is 32.2. The fraction of sp³-hybridized carbons (Fsp3) is 0.429. The van der Waals surface area contributed by atoms with Crippen molar-refractivity contribution in [2.24, 2.45) is 0 Å². The summed E-state index contributed by atoms with van der Waals surface area (Å²) >= 11 is 1.79. The molecule has 0 atom stereocenters. The number of aromatic nitrogens is 3. The number of aryl methyl sites for hydroxylation is 2. The molecule has 0 amide bonds. The smallest absolute Gasteiger partial charge is 0.155 e. The van der Waals surface area contributed by atoms with Crippen LogP contribution in [0.5, 0.6) is 0 Å². The van der Waals surface area contributed by atoms with Crippen molar-refractivity contribution in [3.8, 4) is 0 Å². The summed E-state index contributed by atoms with van der Waals surface area (Å²) in [5.74, 6) is 2.13. The number of hydrogen-bond donors (Lipinski definition) is 0. The molecule has 4 heteroatoms. The lowest BCUT2D eigenvalue weighted by molar-refractivity contribution is 0.478. The number of hydrogen-bond acceptors (Lipinski definition) is 3. The molecule has 0 aliphatic carbocycles. The van der Waals surface area contributed by atoms with Crippen molar-refractivity contribution in [3.63, 3.8) is 0 Å². The molecule has 94 valence electrons. The van der Waals surface area contributed by atoms with E-state index in [1.807, 2.05) is 0 Å². The number of rotatable bonds is 3. The van der Waals surface area contributed by atoms with Gasteiger partial charge in [-0.1, -0.05) is 18.2 Å². The molecular weight excluding hydrogens is 242 g/mol. The summed E-state index contributed by atoms with van der Waals surface area (Å²) in [5, 5.41) is 4.62. The van der Waals surface area contributed by atoms with Crippen LogP contribution in [-0.4, -0.2) is 21.0 Å². The number of fused-ring (bicyclic) bond motifs is 1. The zero-order chi connectivity index (χ0) is 12.4. The Morgan fingerprint density at radius 3 is 3.00 bits per heavy atom. The van der Waals surface area contributed by atoms with Gasteiger partial charge in [-0.2, -0.15) is 5.10 Å². The van der Waals surface area contributed by atoms with Gasteiger partial charge in [0.05, 0.1) is 0 Å². The summed E-state index contributed by atoms with van der Waals surface area (Å²) in [6, 6.07) is 8.51. The van der Waals surface area contributed by atoms with E-state index < -0.39 is 0 Å². The molecule has 0 radical (unpaired) electrons. The van der Waals surface area contributed by atoms with Crippen molar-refractivity contribution in [2.75, 3.05) is 6.26 Å². The molecule has 0 bridgehead atoms. The van der Waals surface area contributed by atoms with Gasteiger partial charge in [0, 0.05) is 24.3 Å². The van der Waals surface area contributed by atoms with Gasteiger partial charge in [0.15, 0.2) is 5.82 Å². The van der Waals surface area contributed by atoms with Gasteiger partial charge in [-0.15, -0.1) is 11.8 Å². The van der Waals surface area contributed by atoms with Gasteiger partial charge < -0.3 is 0 Å². The number of thioether (sulfide) groups is 1. The topological polar surface area (TPSA) is 30.7 Å². The molecule has 0 spiro atoms. The molecule has 1 aromatic carbocycles. The largest absolute Gasteiger partial charge is 0.250 e. The molecular formula is C14H17N3S. The lowest BCUT2D eigenvalue weighted by atomic mass is 10.1. The Morgan fingerprint density at radius 2 is 2.17 bits per heavy atom. The highest BCUT2D eigenvalue weighted by Crippen LogP contribution is 2.22. The molecule has 1 aliphatic rings. The first kappa shape index (κ1) is 11.8. The first-order valence-electron chi connectivity index (χ1n) is 6.41. The van der Waals surface area contributed by atoms with Crippen LogP contribution in [0.3, 0.4) is 0 Å². The summed E-state index contributed by atoms with van der Waals surface area (Å²) in [6.45, 7) is 1.03. The second-order valence-electron chi connectivity index (χ2n) is 4.61.